The summed E-state index contributed by atoms with van der Waals surface area (Å²) in [5, 5.41) is 10.4. The van der Waals surface area contributed by atoms with Gasteiger partial charge in [0.2, 0.25) is 18.2 Å². The number of hydrogen-bond donors (Lipinski definition) is 2. The zero-order valence-corrected chi connectivity index (χ0v) is 12.3. The molecule has 3 N–H and O–H groups in total. The van der Waals surface area contributed by atoms with Gasteiger partial charge in [-0.25, -0.2) is 0 Å². The van der Waals surface area contributed by atoms with Crippen molar-refractivity contribution >= 4 is 11.6 Å². The lowest BCUT2D eigenvalue weighted by molar-refractivity contribution is -0.116. The van der Waals surface area contributed by atoms with Gasteiger partial charge in [-0.15, -0.1) is 10.2 Å². The van der Waals surface area contributed by atoms with Crippen molar-refractivity contribution in [1.82, 2.24) is 10.2 Å². The SMILES string of the molecule is Cc1cc(-c2nnco2)ccc1NC(=O)CCCC(C)N. The molecule has 1 amide bonds. The molecule has 112 valence electrons. The molecule has 1 atom stereocenters. The predicted molar refractivity (Wildman–Crippen MR) is 80.6 cm³/mol. The van der Waals surface area contributed by atoms with Crippen molar-refractivity contribution in [2.24, 2.45) is 5.73 Å². The highest BCUT2D eigenvalue weighted by Crippen LogP contribution is 2.23. The van der Waals surface area contributed by atoms with Gasteiger partial charge in [0.15, 0.2) is 0 Å². The topological polar surface area (TPSA) is 94.0 Å². The highest BCUT2D eigenvalue weighted by Gasteiger charge is 2.09. The lowest BCUT2D eigenvalue weighted by Crippen LogP contribution is -2.17. The molecule has 0 bridgehead atoms. The van der Waals surface area contributed by atoms with Crippen LogP contribution in [0.15, 0.2) is 29.0 Å². The van der Waals surface area contributed by atoms with E-state index in [-0.39, 0.29) is 11.9 Å². The Morgan fingerprint density at radius 1 is 1.48 bits per heavy atom. The standard InChI is InChI=1S/C15H20N4O2/c1-10-8-12(15-19-17-9-21-15)6-7-13(10)18-14(20)5-3-4-11(2)16/h6-9,11H,3-5,16H2,1-2H3,(H,18,20). The Morgan fingerprint density at radius 3 is 2.90 bits per heavy atom. The van der Waals surface area contributed by atoms with Crippen molar-refractivity contribution in [2.75, 3.05) is 5.32 Å². The normalized spacial score (nSPS) is 12.1. The van der Waals surface area contributed by atoms with Crippen molar-refractivity contribution in [3.8, 4) is 11.5 Å². The summed E-state index contributed by atoms with van der Waals surface area (Å²) in [6.07, 6.45) is 3.41. The number of anilines is 1. The van der Waals surface area contributed by atoms with Gasteiger partial charge in [-0.2, -0.15) is 0 Å². The monoisotopic (exact) mass is 288 g/mol. The Hall–Kier alpha value is -2.21. The molecule has 0 radical (unpaired) electrons. The number of benzene rings is 1. The Kier molecular flexibility index (Phi) is 5.05. The summed E-state index contributed by atoms with van der Waals surface area (Å²) in [6, 6.07) is 5.73. The molecule has 1 heterocycles. The van der Waals surface area contributed by atoms with Crippen LogP contribution >= 0.6 is 0 Å². The highest BCUT2D eigenvalue weighted by atomic mass is 16.4. The number of amides is 1. The molecule has 0 aliphatic rings. The zero-order valence-electron chi connectivity index (χ0n) is 12.3. The van der Waals surface area contributed by atoms with Crippen molar-refractivity contribution in [1.29, 1.82) is 0 Å². The van der Waals surface area contributed by atoms with E-state index in [4.69, 9.17) is 10.2 Å². The van der Waals surface area contributed by atoms with Gasteiger partial charge < -0.3 is 15.5 Å². The van der Waals surface area contributed by atoms with E-state index in [0.29, 0.717) is 12.3 Å². The third kappa shape index (κ3) is 4.39. The predicted octanol–water partition coefficient (Wildman–Crippen LogP) is 2.50. The molecule has 0 saturated heterocycles. The quantitative estimate of drug-likeness (QED) is 0.851. The van der Waals surface area contributed by atoms with Crippen LogP contribution in [0.25, 0.3) is 11.5 Å². The van der Waals surface area contributed by atoms with Gasteiger partial charge in [0.1, 0.15) is 0 Å². The minimum atomic E-state index is 0.00397. The summed E-state index contributed by atoms with van der Waals surface area (Å²) in [5.41, 5.74) is 8.25. The summed E-state index contributed by atoms with van der Waals surface area (Å²) in [7, 11) is 0. The fraction of sp³-hybridized carbons (Fsp3) is 0.400. The van der Waals surface area contributed by atoms with Crippen LogP contribution in [0.2, 0.25) is 0 Å². The lowest BCUT2D eigenvalue weighted by Gasteiger charge is -2.10. The van der Waals surface area contributed by atoms with Gasteiger partial charge >= 0.3 is 0 Å². The van der Waals surface area contributed by atoms with E-state index >= 15 is 0 Å². The van der Waals surface area contributed by atoms with Crippen molar-refractivity contribution in [3.63, 3.8) is 0 Å². The van der Waals surface area contributed by atoms with Gasteiger partial charge in [-0.1, -0.05) is 0 Å². The molecule has 1 unspecified atom stereocenters. The molecule has 2 aromatic rings. The zero-order chi connectivity index (χ0) is 15.2. The van der Waals surface area contributed by atoms with Crippen molar-refractivity contribution < 1.29 is 9.21 Å². The summed E-state index contributed by atoms with van der Waals surface area (Å²) < 4.78 is 5.15. The number of rotatable bonds is 6. The molecule has 0 aliphatic carbocycles. The molecule has 0 spiro atoms. The minimum Gasteiger partial charge on any atom is -0.423 e. The van der Waals surface area contributed by atoms with Crippen LogP contribution in [0.4, 0.5) is 5.69 Å². The maximum absolute atomic E-state index is 11.9. The molecular formula is C15H20N4O2. The second-order valence-corrected chi connectivity index (χ2v) is 5.19. The van der Waals surface area contributed by atoms with Gasteiger partial charge in [-0.3, -0.25) is 4.79 Å². The summed E-state index contributed by atoms with van der Waals surface area (Å²) >= 11 is 0. The van der Waals surface area contributed by atoms with Crippen LogP contribution < -0.4 is 11.1 Å². The fourth-order valence-electron chi connectivity index (χ4n) is 2.03. The number of hydrogen-bond acceptors (Lipinski definition) is 5. The first kappa shape index (κ1) is 15.2. The molecular weight excluding hydrogens is 268 g/mol. The number of nitrogens with one attached hydrogen (secondary N) is 1. The Morgan fingerprint density at radius 2 is 2.29 bits per heavy atom. The van der Waals surface area contributed by atoms with E-state index in [1.54, 1.807) is 0 Å². The molecule has 21 heavy (non-hydrogen) atoms. The molecule has 0 aliphatic heterocycles. The average molecular weight is 288 g/mol. The third-order valence-corrected chi connectivity index (χ3v) is 3.17. The first-order valence-corrected chi connectivity index (χ1v) is 6.99. The second kappa shape index (κ2) is 6.99. The van der Waals surface area contributed by atoms with Crippen LogP contribution in [-0.4, -0.2) is 22.1 Å². The van der Waals surface area contributed by atoms with E-state index in [1.165, 1.54) is 6.39 Å². The van der Waals surface area contributed by atoms with E-state index in [2.05, 4.69) is 15.5 Å². The second-order valence-electron chi connectivity index (χ2n) is 5.19. The average Bonchev–Trinajstić information content (AvgIpc) is 2.94. The van der Waals surface area contributed by atoms with E-state index in [0.717, 1.165) is 29.7 Å². The molecule has 1 aromatic carbocycles. The third-order valence-electron chi connectivity index (χ3n) is 3.17. The first-order valence-electron chi connectivity index (χ1n) is 6.99. The molecule has 6 heteroatoms. The summed E-state index contributed by atoms with van der Waals surface area (Å²) in [5.74, 6) is 0.470. The van der Waals surface area contributed by atoms with Gasteiger partial charge in [-0.05, 0) is 50.5 Å². The summed E-state index contributed by atoms with van der Waals surface area (Å²) in [6.45, 7) is 3.87. The number of aryl methyl sites for hydroxylation is 1. The van der Waals surface area contributed by atoms with E-state index in [9.17, 15) is 4.79 Å². The van der Waals surface area contributed by atoms with Gasteiger partial charge in [0, 0.05) is 23.7 Å². The smallest absolute Gasteiger partial charge is 0.247 e. The maximum atomic E-state index is 11.9. The maximum Gasteiger partial charge on any atom is 0.247 e. The number of carbonyl (C=O) groups excluding carboxylic acids is 1. The molecule has 1 aromatic heterocycles. The van der Waals surface area contributed by atoms with Crippen molar-refractivity contribution in [3.05, 3.63) is 30.2 Å². The Bertz CT molecular complexity index is 594. The number of nitrogens with zero attached hydrogens (tertiary/aromatic N) is 2. The fourth-order valence-corrected chi connectivity index (χ4v) is 2.03. The van der Waals surface area contributed by atoms with Crippen LogP contribution in [0.1, 0.15) is 31.7 Å². The van der Waals surface area contributed by atoms with Gasteiger partial charge in [0.25, 0.3) is 0 Å². The molecule has 0 fully saturated rings. The van der Waals surface area contributed by atoms with Crippen molar-refractivity contribution in [2.45, 2.75) is 39.2 Å². The number of aromatic nitrogens is 2. The molecule has 2 rings (SSSR count). The van der Waals surface area contributed by atoms with Crippen LogP contribution in [0, 0.1) is 6.92 Å². The lowest BCUT2D eigenvalue weighted by atomic mass is 10.1. The first-order chi connectivity index (χ1) is 10.1. The van der Waals surface area contributed by atoms with E-state index in [1.807, 2.05) is 32.0 Å². The largest absolute Gasteiger partial charge is 0.423 e. The van der Waals surface area contributed by atoms with Crippen LogP contribution in [0.5, 0.6) is 0 Å². The van der Waals surface area contributed by atoms with Crippen LogP contribution in [0.3, 0.4) is 0 Å². The van der Waals surface area contributed by atoms with Gasteiger partial charge in [0.05, 0.1) is 0 Å². The Labute approximate surface area is 123 Å². The van der Waals surface area contributed by atoms with Crippen LogP contribution in [-0.2, 0) is 4.79 Å². The minimum absolute atomic E-state index is 0.00397. The number of carbonyl (C=O) groups is 1. The highest BCUT2D eigenvalue weighted by molar-refractivity contribution is 5.91. The summed E-state index contributed by atoms with van der Waals surface area (Å²) in [4.78, 5) is 11.9. The Balaban J connectivity index is 1.96. The molecule has 6 nitrogen and oxygen atoms in total. The number of nitrogens with two attached hydrogens (primary N) is 1. The van der Waals surface area contributed by atoms with E-state index < -0.39 is 0 Å². The molecule has 0 saturated carbocycles.